The van der Waals surface area contributed by atoms with Crippen molar-refractivity contribution >= 4 is 44.9 Å². The molecule has 0 aromatic carbocycles. The fourth-order valence-corrected chi connectivity index (χ4v) is 3.21. The Balaban J connectivity index is 2.11. The first-order chi connectivity index (χ1) is 7.83. The van der Waals surface area contributed by atoms with Crippen LogP contribution in [0.3, 0.4) is 0 Å². The average molecular weight is 269 g/mol. The summed E-state index contributed by atoms with van der Waals surface area (Å²) >= 11 is 8.86. The summed E-state index contributed by atoms with van der Waals surface area (Å²) in [6.45, 7) is 0. The Morgan fingerprint density at radius 2 is 2.31 bits per heavy atom. The van der Waals surface area contributed by atoms with Crippen molar-refractivity contribution < 1.29 is 0 Å². The Kier molecular flexibility index (Phi) is 2.55. The van der Waals surface area contributed by atoms with Gasteiger partial charge in [-0.2, -0.15) is 0 Å². The first kappa shape index (κ1) is 10.1. The maximum Gasteiger partial charge on any atom is 0.224 e. The smallest absolute Gasteiger partial charge is 0.224 e. The second-order valence-corrected chi connectivity index (χ2v) is 5.14. The monoisotopic (exact) mass is 268 g/mol. The molecule has 16 heavy (non-hydrogen) atoms. The molecule has 4 nitrogen and oxygen atoms in total. The number of nitrogens with zero attached hydrogens (tertiary/aromatic N) is 3. The van der Waals surface area contributed by atoms with Gasteiger partial charge < -0.3 is 4.98 Å². The summed E-state index contributed by atoms with van der Waals surface area (Å²) in [5.41, 5.74) is 0. The summed E-state index contributed by atoms with van der Waals surface area (Å²) in [4.78, 5) is 16.4. The van der Waals surface area contributed by atoms with Gasteiger partial charge >= 0.3 is 0 Å². The van der Waals surface area contributed by atoms with Crippen molar-refractivity contribution in [2.24, 2.45) is 0 Å². The Bertz CT molecular complexity index is 620. The molecule has 0 aliphatic carbocycles. The number of H-pyrrole nitrogens is 1. The maximum atomic E-state index is 5.86. The van der Waals surface area contributed by atoms with E-state index in [1.54, 1.807) is 23.7 Å². The van der Waals surface area contributed by atoms with E-state index in [4.69, 9.17) is 11.6 Å². The fraction of sp³-hybridized carbons (Fsp3) is 0. The number of rotatable bonds is 2. The molecule has 0 spiro atoms. The van der Waals surface area contributed by atoms with Crippen molar-refractivity contribution in [2.45, 2.75) is 10.2 Å². The standard InChI is InChI=1S/C9H5ClN4S2/c10-8-13-6-5(1-4-15-6)7(14-8)16-9-11-2-3-12-9/h1-4H,(H,11,12). The minimum atomic E-state index is 0.268. The summed E-state index contributed by atoms with van der Waals surface area (Å²) in [5.74, 6) is 0. The van der Waals surface area contributed by atoms with Crippen LogP contribution in [0.25, 0.3) is 10.2 Å². The largest absolute Gasteiger partial charge is 0.339 e. The summed E-state index contributed by atoms with van der Waals surface area (Å²) < 4.78 is 0. The Morgan fingerprint density at radius 3 is 3.12 bits per heavy atom. The molecule has 3 rings (SSSR count). The molecule has 1 N–H and O–H groups in total. The molecule has 0 atom stereocenters. The summed E-state index contributed by atoms with van der Waals surface area (Å²) in [5, 5.41) is 4.87. The molecule has 0 unspecified atom stereocenters. The number of nitrogens with one attached hydrogen (secondary N) is 1. The van der Waals surface area contributed by atoms with E-state index >= 15 is 0 Å². The van der Waals surface area contributed by atoms with E-state index < -0.39 is 0 Å². The quantitative estimate of drug-likeness (QED) is 0.573. The van der Waals surface area contributed by atoms with Crippen molar-refractivity contribution in [3.8, 4) is 0 Å². The molecule has 0 aliphatic rings. The Labute approximate surface area is 104 Å². The zero-order valence-electron chi connectivity index (χ0n) is 7.85. The molecule has 0 bridgehead atoms. The lowest BCUT2D eigenvalue weighted by Gasteiger charge is -1.99. The summed E-state index contributed by atoms with van der Waals surface area (Å²) in [7, 11) is 0. The van der Waals surface area contributed by atoms with Gasteiger partial charge in [-0.05, 0) is 34.8 Å². The molecule has 3 aromatic heterocycles. The van der Waals surface area contributed by atoms with E-state index in [0.717, 1.165) is 20.4 Å². The molecule has 3 heterocycles. The van der Waals surface area contributed by atoms with E-state index in [9.17, 15) is 0 Å². The van der Waals surface area contributed by atoms with Crippen molar-refractivity contribution in [2.75, 3.05) is 0 Å². The number of aromatic nitrogens is 4. The lowest BCUT2D eigenvalue weighted by atomic mass is 10.4. The lowest BCUT2D eigenvalue weighted by Crippen LogP contribution is -1.86. The van der Waals surface area contributed by atoms with Gasteiger partial charge in [-0.15, -0.1) is 11.3 Å². The molecule has 0 aliphatic heterocycles. The number of halogens is 1. The predicted molar refractivity (Wildman–Crippen MR) is 65.1 cm³/mol. The number of hydrogen-bond donors (Lipinski definition) is 1. The summed E-state index contributed by atoms with van der Waals surface area (Å²) in [6.07, 6.45) is 3.48. The molecule has 0 saturated heterocycles. The normalized spacial score (nSPS) is 11.1. The number of imidazole rings is 1. The van der Waals surface area contributed by atoms with Crippen LogP contribution >= 0.6 is 34.7 Å². The van der Waals surface area contributed by atoms with Crippen LogP contribution < -0.4 is 0 Å². The van der Waals surface area contributed by atoms with Crippen LogP contribution in [0.15, 0.2) is 34.0 Å². The molecule has 0 saturated carbocycles. The zero-order chi connectivity index (χ0) is 11.0. The number of fused-ring (bicyclic) bond motifs is 1. The van der Waals surface area contributed by atoms with E-state index in [1.165, 1.54) is 11.8 Å². The predicted octanol–water partition coefficient (Wildman–Crippen LogP) is 3.22. The second kappa shape index (κ2) is 4.04. The van der Waals surface area contributed by atoms with E-state index in [0.29, 0.717) is 0 Å². The highest BCUT2D eigenvalue weighted by Gasteiger charge is 2.10. The van der Waals surface area contributed by atoms with Crippen LogP contribution in [0.4, 0.5) is 0 Å². The zero-order valence-corrected chi connectivity index (χ0v) is 10.2. The van der Waals surface area contributed by atoms with Crippen LogP contribution in [0.2, 0.25) is 5.28 Å². The van der Waals surface area contributed by atoms with Crippen LogP contribution in [0.1, 0.15) is 0 Å². The Hall–Kier alpha value is -1.11. The minimum absolute atomic E-state index is 0.268. The number of aromatic amines is 1. The third-order valence-corrected chi connectivity index (χ3v) is 3.83. The van der Waals surface area contributed by atoms with Gasteiger partial charge in [-0.25, -0.2) is 15.0 Å². The lowest BCUT2D eigenvalue weighted by molar-refractivity contribution is 1.04. The highest BCUT2D eigenvalue weighted by molar-refractivity contribution is 7.99. The van der Waals surface area contributed by atoms with Gasteiger partial charge in [0.1, 0.15) is 9.86 Å². The molecular weight excluding hydrogens is 264 g/mol. The second-order valence-electron chi connectivity index (χ2n) is 2.93. The van der Waals surface area contributed by atoms with Gasteiger partial charge in [0.25, 0.3) is 0 Å². The minimum Gasteiger partial charge on any atom is -0.339 e. The molecule has 3 aromatic rings. The van der Waals surface area contributed by atoms with Gasteiger partial charge in [-0.3, -0.25) is 0 Å². The van der Waals surface area contributed by atoms with E-state index in [-0.39, 0.29) is 5.28 Å². The highest BCUT2D eigenvalue weighted by atomic mass is 35.5. The van der Waals surface area contributed by atoms with Gasteiger partial charge in [0.2, 0.25) is 5.28 Å². The fourth-order valence-electron chi connectivity index (χ4n) is 1.28. The molecule has 80 valence electrons. The third-order valence-electron chi connectivity index (χ3n) is 1.93. The van der Waals surface area contributed by atoms with Gasteiger partial charge in [0.15, 0.2) is 5.16 Å². The topological polar surface area (TPSA) is 54.5 Å². The Morgan fingerprint density at radius 1 is 1.38 bits per heavy atom. The van der Waals surface area contributed by atoms with E-state index in [2.05, 4.69) is 19.9 Å². The van der Waals surface area contributed by atoms with E-state index in [1.807, 2.05) is 11.4 Å². The van der Waals surface area contributed by atoms with Crippen LogP contribution in [0.5, 0.6) is 0 Å². The first-order valence-corrected chi connectivity index (χ1v) is 6.48. The molecule has 7 heteroatoms. The van der Waals surface area contributed by atoms with Gasteiger partial charge in [0, 0.05) is 17.8 Å². The number of thiophene rings is 1. The van der Waals surface area contributed by atoms with Gasteiger partial charge in [-0.1, -0.05) is 0 Å². The molecular formula is C9H5ClN4S2. The highest BCUT2D eigenvalue weighted by Crippen LogP contribution is 2.32. The molecule has 0 radical (unpaired) electrons. The number of hydrogen-bond acceptors (Lipinski definition) is 5. The third kappa shape index (κ3) is 1.79. The van der Waals surface area contributed by atoms with Crippen molar-refractivity contribution in [3.05, 3.63) is 29.1 Å². The van der Waals surface area contributed by atoms with Crippen molar-refractivity contribution in [1.29, 1.82) is 0 Å². The maximum absolute atomic E-state index is 5.86. The molecule has 0 amide bonds. The van der Waals surface area contributed by atoms with Crippen molar-refractivity contribution in [3.63, 3.8) is 0 Å². The molecule has 0 fully saturated rings. The first-order valence-electron chi connectivity index (χ1n) is 4.41. The van der Waals surface area contributed by atoms with Gasteiger partial charge in [0.05, 0.1) is 0 Å². The average Bonchev–Trinajstić information content (AvgIpc) is 2.87. The SMILES string of the molecule is Clc1nc(Sc2ncc[nH]2)c2ccsc2n1. The summed E-state index contributed by atoms with van der Waals surface area (Å²) in [6, 6.07) is 1.99. The van der Waals surface area contributed by atoms with Crippen molar-refractivity contribution in [1.82, 2.24) is 19.9 Å². The van der Waals surface area contributed by atoms with Crippen LogP contribution in [-0.4, -0.2) is 19.9 Å². The van der Waals surface area contributed by atoms with Crippen LogP contribution in [-0.2, 0) is 0 Å². The van der Waals surface area contributed by atoms with Crippen LogP contribution in [0, 0.1) is 0 Å².